The normalized spacial score (nSPS) is 11.2. The number of hydrogen-bond donors (Lipinski definition) is 1. The predicted molar refractivity (Wildman–Crippen MR) is 171 cm³/mol. The standard InChI is InChI=1S/C34H51N3O2S/c1-3-5-7-9-11-13-15-17-25-38-31-24-21-29(27-32(31)39-26-18-16-14-12-10-8-6-4-2)34-37-36-33(40-34)28-19-22-30(35)23-20-28/h19-24,27H,3-18,25-26,35H2,1-2H3. The van der Waals surface area contributed by atoms with Crippen molar-refractivity contribution in [2.75, 3.05) is 18.9 Å². The maximum absolute atomic E-state index is 6.30. The number of ether oxygens (including phenoxy) is 2. The van der Waals surface area contributed by atoms with Crippen molar-refractivity contribution in [1.82, 2.24) is 10.2 Å². The molecule has 0 saturated carbocycles. The van der Waals surface area contributed by atoms with E-state index in [1.807, 2.05) is 30.3 Å². The molecule has 0 unspecified atom stereocenters. The molecule has 0 aliphatic carbocycles. The zero-order valence-corrected chi connectivity index (χ0v) is 25.8. The predicted octanol–water partition coefficient (Wildman–Crippen LogP) is 10.5. The van der Waals surface area contributed by atoms with Crippen LogP contribution in [0.1, 0.15) is 117 Å². The molecule has 3 aromatic rings. The highest BCUT2D eigenvalue weighted by molar-refractivity contribution is 7.17. The Labute approximate surface area is 246 Å². The number of nitrogens with zero attached hydrogens (tertiary/aromatic N) is 2. The molecular weight excluding hydrogens is 514 g/mol. The quantitative estimate of drug-likeness (QED) is 0.0969. The largest absolute Gasteiger partial charge is 0.490 e. The first-order valence-electron chi connectivity index (χ1n) is 15.8. The van der Waals surface area contributed by atoms with Gasteiger partial charge in [0.05, 0.1) is 13.2 Å². The highest BCUT2D eigenvalue weighted by Crippen LogP contribution is 2.36. The second-order valence-corrected chi connectivity index (χ2v) is 11.8. The SMILES string of the molecule is CCCCCCCCCCOc1ccc(-c2nnc(-c3ccc(N)cc3)s2)cc1OCCCCCCCCCC. The van der Waals surface area contributed by atoms with Gasteiger partial charge in [0.25, 0.3) is 0 Å². The van der Waals surface area contributed by atoms with E-state index in [9.17, 15) is 0 Å². The molecule has 5 nitrogen and oxygen atoms in total. The molecule has 40 heavy (non-hydrogen) atoms. The molecule has 0 fully saturated rings. The molecule has 1 aromatic heterocycles. The Bertz CT molecular complexity index is 1070. The molecule has 0 bridgehead atoms. The fourth-order valence-electron chi connectivity index (χ4n) is 4.79. The molecule has 0 saturated heterocycles. The summed E-state index contributed by atoms with van der Waals surface area (Å²) < 4.78 is 12.5. The summed E-state index contributed by atoms with van der Waals surface area (Å²) >= 11 is 1.58. The number of nitrogen functional groups attached to an aromatic ring is 1. The van der Waals surface area contributed by atoms with Crippen LogP contribution in [0.25, 0.3) is 21.1 Å². The number of hydrogen-bond acceptors (Lipinski definition) is 6. The summed E-state index contributed by atoms with van der Waals surface area (Å²) in [5, 5.41) is 10.6. The van der Waals surface area contributed by atoms with Gasteiger partial charge in [-0.1, -0.05) is 115 Å². The molecular formula is C34H51N3O2S. The Kier molecular flexibility index (Phi) is 15.5. The molecule has 2 N–H and O–H groups in total. The monoisotopic (exact) mass is 565 g/mol. The van der Waals surface area contributed by atoms with E-state index in [4.69, 9.17) is 15.2 Å². The Hall–Kier alpha value is -2.60. The minimum absolute atomic E-state index is 0.708. The highest BCUT2D eigenvalue weighted by Gasteiger charge is 2.13. The first kappa shape index (κ1) is 31.9. The summed E-state index contributed by atoms with van der Waals surface area (Å²) in [6.07, 6.45) is 20.6. The van der Waals surface area contributed by atoms with Crippen molar-refractivity contribution in [2.45, 2.75) is 117 Å². The van der Waals surface area contributed by atoms with Crippen LogP contribution in [-0.4, -0.2) is 23.4 Å². The third-order valence-electron chi connectivity index (χ3n) is 7.28. The second kappa shape index (κ2) is 19.5. The van der Waals surface area contributed by atoms with Crippen molar-refractivity contribution in [3.8, 4) is 32.6 Å². The van der Waals surface area contributed by atoms with E-state index in [1.54, 1.807) is 11.3 Å². The van der Waals surface area contributed by atoms with Crippen LogP contribution in [0.2, 0.25) is 0 Å². The van der Waals surface area contributed by atoms with Gasteiger partial charge in [-0.25, -0.2) is 0 Å². The van der Waals surface area contributed by atoms with Crippen LogP contribution in [0.5, 0.6) is 11.5 Å². The molecule has 1 heterocycles. The number of anilines is 1. The van der Waals surface area contributed by atoms with Gasteiger partial charge in [-0.2, -0.15) is 0 Å². The van der Waals surface area contributed by atoms with E-state index >= 15 is 0 Å². The van der Waals surface area contributed by atoms with Crippen molar-refractivity contribution in [1.29, 1.82) is 0 Å². The van der Waals surface area contributed by atoms with E-state index in [2.05, 4.69) is 36.2 Å². The molecule has 0 aliphatic rings. The zero-order chi connectivity index (χ0) is 28.3. The van der Waals surface area contributed by atoms with E-state index in [1.165, 1.54) is 89.9 Å². The van der Waals surface area contributed by atoms with Gasteiger partial charge in [0.2, 0.25) is 0 Å². The number of benzene rings is 2. The van der Waals surface area contributed by atoms with Gasteiger partial charge in [-0.05, 0) is 55.3 Å². The Morgan fingerprint density at radius 1 is 0.550 bits per heavy atom. The van der Waals surface area contributed by atoms with Crippen molar-refractivity contribution in [3.63, 3.8) is 0 Å². The molecule has 3 rings (SSSR count). The van der Waals surface area contributed by atoms with E-state index in [-0.39, 0.29) is 0 Å². The molecule has 0 radical (unpaired) electrons. The van der Waals surface area contributed by atoms with E-state index in [0.29, 0.717) is 6.61 Å². The van der Waals surface area contributed by atoms with Gasteiger partial charge in [-0.3, -0.25) is 0 Å². The Morgan fingerprint density at radius 3 is 1.55 bits per heavy atom. The molecule has 2 aromatic carbocycles. The molecule has 220 valence electrons. The second-order valence-electron chi connectivity index (χ2n) is 10.8. The number of rotatable bonds is 22. The van der Waals surface area contributed by atoms with Gasteiger partial charge in [0.1, 0.15) is 10.0 Å². The van der Waals surface area contributed by atoms with Crippen molar-refractivity contribution in [2.24, 2.45) is 0 Å². The van der Waals surface area contributed by atoms with Gasteiger partial charge < -0.3 is 15.2 Å². The van der Waals surface area contributed by atoms with Crippen molar-refractivity contribution < 1.29 is 9.47 Å². The van der Waals surface area contributed by atoms with Crippen LogP contribution in [0.4, 0.5) is 5.69 Å². The van der Waals surface area contributed by atoms with Crippen LogP contribution in [0.3, 0.4) is 0 Å². The maximum Gasteiger partial charge on any atom is 0.161 e. The zero-order valence-electron chi connectivity index (χ0n) is 25.0. The first-order chi connectivity index (χ1) is 19.7. The summed E-state index contributed by atoms with van der Waals surface area (Å²) in [6.45, 7) is 5.97. The summed E-state index contributed by atoms with van der Waals surface area (Å²) in [4.78, 5) is 0. The summed E-state index contributed by atoms with van der Waals surface area (Å²) in [5.41, 5.74) is 8.62. The summed E-state index contributed by atoms with van der Waals surface area (Å²) in [5.74, 6) is 1.64. The molecule has 0 atom stereocenters. The van der Waals surface area contributed by atoms with Crippen LogP contribution < -0.4 is 15.2 Å². The van der Waals surface area contributed by atoms with Crippen LogP contribution in [-0.2, 0) is 0 Å². The first-order valence-corrected chi connectivity index (χ1v) is 16.6. The van der Waals surface area contributed by atoms with Crippen LogP contribution in [0, 0.1) is 0 Å². The Balaban J connectivity index is 1.55. The van der Waals surface area contributed by atoms with Gasteiger partial charge >= 0.3 is 0 Å². The lowest BCUT2D eigenvalue weighted by atomic mass is 10.1. The van der Waals surface area contributed by atoms with Crippen LogP contribution >= 0.6 is 11.3 Å². The molecule has 0 aliphatic heterocycles. The third kappa shape index (κ3) is 11.9. The topological polar surface area (TPSA) is 70.3 Å². The Morgan fingerprint density at radius 2 is 1.00 bits per heavy atom. The van der Waals surface area contributed by atoms with E-state index < -0.39 is 0 Å². The highest BCUT2D eigenvalue weighted by atomic mass is 32.1. The number of nitrogens with two attached hydrogens (primary N) is 1. The fraction of sp³-hybridized carbons (Fsp3) is 0.588. The average molecular weight is 566 g/mol. The smallest absolute Gasteiger partial charge is 0.161 e. The lowest BCUT2D eigenvalue weighted by Crippen LogP contribution is -2.03. The van der Waals surface area contributed by atoms with Crippen molar-refractivity contribution >= 4 is 17.0 Å². The minimum atomic E-state index is 0.708. The van der Waals surface area contributed by atoms with Crippen LogP contribution in [0.15, 0.2) is 42.5 Å². The summed E-state index contributed by atoms with van der Waals surface area (Å²) in [6, 6.07) is 13.9. The average Bonchev–Trinajstić information content (AvgIpc) is 3.47. The molecule has 6 heteroatoms. The maximum atomic E-state index is 6.30. The fourth-order valence-corrected chi connectivity index (χ4v) is 5.64. The summed E-state index contributed by atoms with van der Waals surface area (Å²) in [7, 11) is 0. The molecule has 0 spiro atoms. The van der Waals surface area contributed by atoms with Gasteiger partial charge in [0, 0.05) is 16.8 Å². The number of aromatic nitrogens is 2. The van der Waals surface area contributed by atoms with E-state index in [0.717, 1.165) is 57.8 Å². The van der Waals surface area contributed by atoms with Crippen molar-refractivity contribution in [3.05, 3.63) is 42.5 Å². The minimum Gasteiger partial charge on any atom is -0.490 e. The molecule has 0 amide bonds. The number of unbranched alkanes of at least 4 members (excludes halogenated alkanes) is 14. The lowest BCUT2D eigenvalue weighted by Gasteiger charge is -2.14. The van der Waals surface area contributed by atoms with Gasteiger partial charge in [0.15, 0.2) is 11.5 Å². The lowest BCUT2D eigenvalue weighted by molar-refractivity contribution is 0.258. The third-order valence-corrected chi connectivity index (χ3v) is 8.31. The van der Waals surface area contributed by atoms with Gasteiger partial charge in [-0.15, -0.1) is 10.2 Å².